The molecule has 0 radical (unpaired) electrons. The van der Waals surface area contributed by atoms with Crippen LogP contribution in [0.1, 0.15) is 31.8 Å². The molecule has 0 fully saturated rings. The summed E-state index contributed by atoms with van der Waals surface area (Å²) in [6.45, 7) is 0. The Hall–Kier alpha value is -6.81. The van der Waals surface area contributed by atoms with E-state index in [2.05, 4.69) is 0 Å². The van der Waals surface area contributed by atoms with Crippen LogP contribution < -0.4 is 11.2 Å². The summed E-state index contributed by atoms with van der Waals surface area (Å²) in [7, 11) is -4.18. The number of hydrogen-bond donors (Lipinski definition) is 6. The first-order valence-electron chi connectivity index (χ1n) is 14.4. The molecule has 0 saturated heterocycles. The van der Waals surface area contributed by atoms with Crippen molar-refractivity contribution in [3.8, 4) is 0 Å². The molecule has 22 heteroatoms. The van der Waals surface area contributed by atoms with Crippen molar-refractivity contribution in [3.05, 3.63) is 145 Å². The van der Waals surface area contributed by atoms with Crippen LogP contribution in [0.4, 0.5) is 30.7 Å². The molecule has 2 aromatic heterocycles. The molecule has 290 valence electrons. The second-order valence-electron chi connectivity index (χ2n) is 10.4. The highest BCUT2D eigenvalue weighted by Gasteiger charge is 2.34. The van der Waals surface area contributed by atoms with Gasteiger partial charge in [0.2, 0.25) is 0 Å². The smallest absolute Gasteiger partial charge is 0.419 e. The lowest BCUT2D eigenvalue weighted by atomic mass is 10.1. The Kier molecular flexibility index (Phi) is 13.4. The van der Waals surface area contributed by atoms with Crippen LogP contribution >= 0.6 is 0 Å². The first-order valence-corrected chi connectivity index (χ1v) is 15.8. The van der Waals surface area contributed by atoms with Gasteiger partial charge in [-0.1, -0.05) is 18.2 Å². The Bertz CT molecular complexity index is 2640. The largest absolute Gasteiger partial charge is 0.481 e. The molecule has 0 atom stereocenters. The number of benzene rings is 4. The van der Waals surface area contributed by atoms with Crippen LogP contribution in [-0.2, 0) is 27.5 Å². The number of halogens is 7. The Morgan fingerprint density at radius 2 is 1.35 bits per heavy atom. The van der Waals surface area contributed by atoms with E-state index in [1.54, 1.807) is 11.1 Å². The maximum Gasteiger partial charge on any atom is 0.419 e. The number of rotatable bonds is 5. The molecule has 0 aliphatic carbocycles. The molecule has 0 aliphatic heterocycles. The van der Waals surface area contributed by atoms with Gasteiger partial charge in [-0.15, -0.1) is 0 Å². The van der Waals surface area contributed by atoms with Crippen molar-refractivity contribution in [2.75, 3.05) is 0 Å². The summed E-state index contributed by atoms with van der Waals surface area (Å²) < 4.78 is 123. The van der Waals surface area contributed by atoms with Crippen molar-refractivity contribution in [1.82, 2.24) is 9.97 Å². The quantitative estimate of drug-likeness (QED) is 0.0681. The van der Waals surface area contributed by atoms with E-state index in [0.717, 1.165) is 17.6 Å². The van der Waals surface area contributed by atoms with Crippen molar-refractivity contribution < 1.29 is 77.8 Å². The number of hydrogen-bond acceptors (Lipinski definition) is 8. The summed E-state index contributed by atoms with van der Waals surface area (Å²) in [6, 6.07) is 14.4. The second-order valence-corrected chi connectivity index (χ2v) is 11.8. The van der Waals surface area contributed by atoms with Gasteiger partial charge in [0.1, 0.15) is 28.4 Å². The molecule has 6 rings (SSSR count). The Morgan fingerprint density at radius 1 is 0.745 bits per heavy atom. The van der Waals surface area contributed by atoms with Crippen molar-refractivity contribution in [1.29, 1.82) is 0 Å². The molecule has 6 aromatic rings. The predicted molar refractivity (Wildman–Crippen MR) is 174 cm³/mol. The van der Waals surface area contributed by atoms with Crippen molar-refractivity contribution in [3.63, 3.8) is 0 Å². The zero-order valence-corrected chi connectivity index (χ0v) is 27.6. The molecule has 0 saturated carbocycles. The number of aromatic carboxylic acids is 2. The third-order valence-electron chi connectivity index (χ3n) is 6.68. The van der Waals surface area contributed by atoms with Crippen molar-refractivity contribution in [2.45, 2.75) is 17.5 Å². The highest BCUT2D eigenvalue weighted by molar-refractivity contribution is 7.85. The van der Waals surface area contributed by atoms with E-state index in [1.165, 1.54) is 12.1 Å². The summed E-state index contributed by atoms with van der Waals surface area (Å²) in [5, 5.41) is 26.4. The number of aliphatic carboxylic acids is 1. The summed E-state index contributed by atoms with van der Waals surface area (Å²) in [6.07, 6.45) is -4.89. The van der Waals surface area contributed by atoms with E-state index in [1.807, 2.05) is 29.2 Å². The van der Waals surface area contributed by atoms with Gasteiger partial charge in [-0.3, -0.25) is 19.1 Å². The molecule has 55 heavy (non-hydrogen) atoms. The molecular weight excluding hydrogens is 781 g/mol. The second kappa shape index (κ2) is 17.3. The standard InChI is InChI=1S/C12H8O4S.C8H4F4O2.C8H5F3O2.C5H4N2O4/c13-17(14,15)8-5-6-12-10(7-8)9-3-1-2-4-11(9)16-12;9-6-2-1-4(7(13)14)3-5(6)8(10,11)12;9-5-1-2-6(10)8(11)4(5)3-7(12)13;8-3-2(4(9)10)1-6-5(11)7-3/h1-7H,(H,13,14,15);1-3H,(H,13,14);1-2H,3H2,(H,12,13);1H,(H,9,10)(H2,6,7,8,11). The van der Waals surface area contributed by atoms with Gasteiger partial charge in [-0.05, 0) is 54.6 Å². The van der Waals surface area contributed by atoms with Gasteiger partial charge in [0, 0.05) is 22.5 Å². The highest BCUT2D eigenvalue weighted by atomic mass is 32.2. The highest BCUT2D eigenvalue weighted by Crippen LogP contribution is 2.32. The molecule has 0 spiro atoms. The minimum atomic E-state index is -4.88. The topological polar surface area (TPSA) is 245 Å². The number of carboxylic acid groups (broad SMARTS) is 3. The maximum atomic E-state index is 12.7. The van der Waals surface area contributed by atoms with Gasteiger partial charge in [0.05, 0.1) is 22.4 Å². The van der Waals surface area contributed by atoms with E-state index in [-0.39, 0.29) is 11.0 Å². The molecule has 2 heterocycles. The minimum Gasteiger partial charge on any atom is -0.481 e. The zero-order chi connectivity index (χ0) is 41.4. The molecule has 14 nitrogen and oxygen atoms in total. The van der Waals surface area contributed by atoms with Crippen LogP contribution in [0.5, 0.6) is 0 Å². The SMILES string of the molecule is O=C(O)Cc1c(F)ccc(F)c1F.O=C(O)c1c[nH]c(=O)[nH]c1=O.O=C(O)c1ccc(F)c(C(F)(F)F)c1.O=S(=O)(O)c1ccc2oc3ccccc3c2c1. The maximum absolute atomic E-state index is 12.7. The number of para-hydroxylation sites is 1. The number of aromatic amines is 2. The number of aromatic nitrogens is 2. The molecule has 0 unspecified atom stereocenters. The summed E-state index contributed by atoms with van der Waals surface area (Å²) in [5.41, 5.74) is -3.75. The third-order valence-corrected chi connectivity index (χ3v) is 7.53. The van der Waals surface area contributed by atoms with E-state index >= 15 is 0 Å². The third kappa shape index (κ3) is 11.3. The Balaban J connectivity index is 0.000000200. The van der Waals surface area contributed by atoms with E-state index in [4.69, 9.17) is 24.3 Å². The molecular formula is C33H21F7N2O12S. The Morgan fingerprint density at radius 3 is 1.91 bits per heavy atom. The van der Waals surface area contributed by atoms with Gasteiger partial charge < -0.3 is 24.7 Å². The van der Waals surface area contributed by atoms with Crippen LogP contribution in [0.3, 0.4) is 0 Å². The van der Waals surface area contributed by atoms with Crippen molar-refractivity contribution in [2.24, 2.45) is 0 Å². The van der Waals surface area contributed by atoms with E-state index < -0.39 is 97.4 Å². The molecule has 4 aromatic carbocycles. The number of fused-ring (bicyclic) bond motifs is 3. The number of carbonyl (C=O) groups is 3. The fourth-order valence-electron chi connectivity index (χ4n) is 4.19. The zero-order valence-electron chi connectivity index (χ0n) is 26.8. The number of alkyl halides is 3. The van der Waals surface area contributed by atoms with Gasteiger partial charge >= 0.3 is 29.8 Å². The van der Waals surface area contributed by atoms with Crippen LogP contribution in [0.2, 0.25) is 0 Å². The lowest BCUT2D eigenvalue weighted by Crippen LogP contribution is -2.26. The van der Waals surface area contributed by atoms with Gasteiger partial charge in [0.15, 0.2) is 11.6 Å². The van der Waals surface area contributed by atoms with Crippen LogP contribution in [0, 0.1) is 23.3 Å². The molecule has 0 aliphatic rings. The van der Waals surface area contributed by atoms with Crippen LogP contribution in [-0.4, -0.2) is 56.2 Å². The average Bonchev–Trinajstić information content (AvgIpc) is 3.46. The van der Waals surface area contributed by atoms with Crippen molar-refractivity contribution >= 4 is 50.0 Å². The minimum absolute atomic E-state index is 0.128. The number of H-pyrrole nitrogens is 2. The molecule has 0 bridgehead atoms. The first-order chi connectivity index (χ1) is 25.5. The fourth-order valence-corrected chi connectivity index (χ4v) is 4.70. The summed E-state index contributed by atoms with van der Waals surface area (Å²) in [5.74, 6) is -9.55. The molecule has 0 amide bonds. The normalized spacial score (nSPS) is 11.0. The predicted octanol–water partition coefficient (Wildman–Crippen LogP) is 5.87. The summed E-state index contributed by atoms with van der Waals surface area (Å²) >= 11 is 0. The van der Waals surface area contributed by atoms with E-state index in [9.17, 15) is 63.1 Å². The van der Waals surface area contributed by atoms with E-state index in [0.29, 0.717) is 34.8 Å². The Labute approximate surface area is 300 Å². The lowest BCUT2D eigenvalue weighted by Gasteiger charge is -2.07. The van der Waals surface area contributed by atoms with Crippen LogP contribution in [0.25, 0.3) is 21.9 Å². The monoisotopic (exact) mass is 802 g/mol. The first kappa shape index (κ1) is 42.6. The fraction of sp³-hybridized carbons (Fsp3) is 0.0606. The number of nitrogens with one attached hydrogen (secondary N) is 2. The number of carboxylic acids is 3. The summed E-state index contributed by atoms with van der Waals surface area (Å²) in [4.78, 5) is 55.3. The molecule has 6 N–H and O–H groups in total. The average molecular weight is 803 g/mol. The van der Waals surface area contributed by atoms with Crippen LogP contribution in [0.15, 0.2) is 97.9 Å². The van der Waals surface area contributed by atoms with Gasteiger partial charge in [-0.25, -0.2) is 31.9 Å². The van der Waals surface area contributed by atoms with Gasteiger partial charge in [0.25, 0.3) is 15.7 Å². The van der Waals surface area contributed by atoms with Gasteiger partial charge in [-0.2, -0.15) is 21.6 Å². The lowest BCUT2D eigenvalue weighted by molar-refractivity contribution is -0.140. The number of furan rings is 1.